The van der Waals surface area contributed by atoms with Crippen LogP contribution in [-0.4, -0.2) is 96.4 Å². The molecule has 1 N–H and O–H groups in total. The molecule has 38 heavy (non-hydrogen) atoms. The number of ether oxygens (including phenoxy) is 2. The molecule has 1 atom stereocenters. The first-order valence-electron chi connectivity index (χ1n) is 11.6. The van der Waals surface area contributed by atoms with Crippen molar-refractivity contribution in [3.63, 3.8) is 0 Å². The van der Waals surface area contributed by atoms with Gasteiger partial charge in [0.1, 0.15) is 11.5 Å². The van der Waals surface area contributed by atoms with Crippen molar-refractivity contribution >= 4 is 38.5 Å². The summed E-state index contributed by atoms with van der Waals surface area (Å²) in [6.45, 7) is 3.70. The van der Waals surface area contributed by atoms with Crippen molar-refractivity contribution in [2.45, 2.75) is 29.6 Å². The highest BCUT2D eigenvalue weighted by Gasteiger charge is 2.40. The Labute approximate surface area is 218 Å². The van der Waals surface area contributed by atoms with Crippen LogP contribution in [0.2, 0.25) is 0 Å². The predicted molar refractivity (Wildman–Crippen MR) is 127 cm³/mol. The van der Waals surface area contributed by atoms with Crippen LogP contribution in [0.1, 0.15) is 11.9 Å². The molecule has 3 fully saturated rings. The summed E-state index contributed by atoms with van der Waals surface area (Å²) in [7, 11) is -4.07. The lowest BCUT2D eigenvalue weighted by atomic mass is 10.0. The van der Waals surface area contributed by atoms with Crippen molar-refractivity contribution in [3.8, 4) is 10.8 Å². The molecule has 1 unspecified atom stereocenters. The lowest BCUT2D eigenvalue weighted by molar-refractivity contribution is -0.148. The summed E-state index contributed by atoms with van der Waals surface area (Å²) < 4.78 is 81.0. The second kappa shape index (κ2) is 8.84. The Hall–Kier alpha value is -2.86. The van der Waals surface area contributed by atoms with Gasteiger partial charge < -0.3 is 19.3 Å². The molecule has 12 nitrogen and oxygen atoms in total. The van der Waals surface area contributed by atoms with E-state index in [0.717, 1.165) is 0 Å². The molecule has 6 heterocycles. The average molecular weight is 574 g/mol. The number of halogens is 3. The van der Waals surface area contributed by atoms with Gasteiger partial charge in [-0.2, -0.15) is 13.2 Å². The van der Waals surface area contributed by atoms with E-state index in [0.29, 0.717) is 48.8 Å². The van der Waals surface area contributed by atoms with Gasteiger partial charge in [-0.05, 0) is 13.0 Å². The summed E-state index contributed by atoms with van der Waals surface area (Å²) >= 11 is 0.319. The van der Waals surface area contributed by atoms with Crippen LogP contribution in [0, 0.1) is 0 Å². The number of hydrogen-bond acceptors (Lipinski definition) is 10. The highest BCUT2D eigenvalue weighted by atomic mass is 32.2. The van der Waals surface area contributed by atoms with Gasteiger partial charge in [-0.25, -0.2) is 18.1 Å². The van der Waals surface area contributed by atoms with E-state index in [2.05, 4.69) is 19.9 Å². The zero-order chi connectivity index (χ0) is 26.9. The third kappa shape index (κ3) is 4.41. The summed E-state index contributed by atoms with van der Waals surface area (Å²) in [6, 6.07) is 1.28. The number of nitrogens with one attached hydrogen (secondary N) is 1. The minimum absolute atomic E-state index is 0.0242. The molecule has 3 aliphatic heterocycles. The SMILES string of the molecule is CC1(NS(=O)(=O)c2cc(N3CCN4C(=O)COCC4C3)c3cnc(-c4nnc(C(F)(F)F)s4)n3c2)COC1. The van der Waals surface area contributed by atoms with Gasteiger partial charge in [0.05, 0.1) is 48.8 Å². The number of imidazole rings is 1. The molecule has 0 saturated carbocycles. The van der Waals surface area contributed by atoms with Gasteiger partial charge in [0.15, 0.2) is 10.8 Å². The maximum absolute atomic E-state index is 13.4. The number of hydrogen-bond donors (Lipinski definition) is 1. The Balaban J connectivity index is 1.45. The summed E-state index contributed by atoms with van der Waals surface area (Å²) in [5, 5.41) is 5.66. The van der Waals surface area contributed by atoms with E-state index < -0.39 is 26.7 Å². The fourth-order valence-electron chi connectivity index (χ4n) is 4.80. The van der Waals surface area contributed by atoms with Gasteiger partial charge in [-0.3, -0.25) is 9.20 Å². The third-order valence-electron chi connectivity index (χ3n) is 6.67. The number of nitrogens with zero attached hydrogens (tertiary/aromatic N) is 6. The number of aromatic nitrogens is 4. The fourth-order valence-corrected chi connectivity index (χ4v) is 6.90. The second-order valence-corrected chi connectivity index (χ2v) is 12.3. The third-order valence-corrected chi connectivity index (χ3v) is 9.23. The Kier molecular flexibility index (Phi) is 5.91. The van der Waals surface area contributed by atoms with Crippen LogP contribution in [0.3, 0.4) is 0 Å². The highest BCUT2D eigenvalue weighted by Crippen LogP contribution is 2.37. The summed E-state index contributed by atoms with van der Waals surface area (Å²) in [6.07, 6.45) is -1.91. The van der Waals surface area contributed by atoms with Crippen molar-refractivity contribution in [2.24, 2.45) is 0 Å². The first kappa shape index (κ1) is 25.4. The van der Waals surface area contributed by atoms with Crippen LogP contribution >= 0.6 is 11.3 Å². The summed E-state index contributed by atoms with van der Waals surface area (Å²) in [4.78, 5) is 20.1. The minimum Gasteiger partial charge on any atom is -0.377 e. The predicted octanol–water partition coefficient (Wildman–Crippen LogP) is 0.986. The maximum atomic E-state index is 13.4. The van der Waals surface area contributed by atoms with Crippen molar-refractivity contribution in [1.82, 2.24) is 29.2 Å². The molecule has 0 bridgehead atoms. The number of morpholine rings is 1. The molecule has 3 aliphatic rings. The van der Waals surface area contributed by atoms with Crippen LogP contribution in [-0.2, 0) is 30.5 Å². The first-order chi connectivity index (χ1) is 17.9. The van der Waals surface area contributed by atoms with Crippen molar-refractivity contribution in [3.05, 3.63) is 23.5 Å². The minimum atomic E-state index is -4.67. The molecule has 0 aromatic carbocycles. The number of sulfonamides is 1. The molecule has 3 saturated heterocycles. The summed E-state index contributed by atoms with van der Waals surface area (Å²) in [5.41, 5.74) is 0.190. The number of alkyl halides is 3. The van der Waals surface area contributed by atoms with Crippen LogP contribution in [0.15, 0.2) is 23.4 Å². The Morgan fingerprint density at radius 1 is 1.21 bits per heavy atom. The number of pyridine rings is 1. The van der Waals surface area contributed by atoms with E-state index in [4.69, 9.17) is 9.47 Å². The van der Waals surface area contributed by atoms with E-state index in [9.17, 15) is 26.4 Å². The number of fused-ring (bicyclic) bond motifs is 2. The van der Waals surface area contributed by atoms with Gasteiger partial charge in [-0.15, -0.1) is 10.2 Å². The molecular weight excluding hydrogens is 551 g/mol. The van der Waals surface area contributed by atoms with E-state index in [-0.39, 0.29) is 47.5 Å². The van der Waals surface area contributed by atoms with E-state index in [1.165, 1.54) is 22.9 Å². The second-order valence-electron chi connectivity index (χ2n) is 9.67. The number of carbonyl (C=O) groups is 1. The number of rotatable bonds is 5. The molecule has 6 rings (SSSR count). The van der Waals surface area contributed by atoms with E-state index in [1.54, 1.807) is 11.8 Å². The van der Waals surface area contributed by atoms with Gasteiger partial charge >= 0.3 is 6.18 Å². The van der Waals surface area contributed by atoms with Gasteiger partial charge in [0.2, 0.25) is 20.9 Å². The summed E-state index contributed by atoms with van der Waals surface area (Å²) in [5.74, 6) is -0.0785. The van der Waals surface area contributed by atoms with Crippen molar-refractivity contribution in [1.29, 1.82) is 0 Å². The van der Waals surface area contributed by atoms with E-state index >= 15 is 0 Å². The Morgan fingerprint density at radius 3 is 2.68 bits per heavy atom. The Bertz CT molecular complexity index is 1520. The highest BCUT2D eigenvalue weighted by molar-refractivity contribution is 7.89. The molecule has 17 heteroatoms. The Morgan fingerprint density at radius 2 is 2.00 bits per heavy atom. The van der Waals surface area contributed by atoms with Crippen molar-refractivity contribution in [2.75, 3.05) is 51.0 Å². The monoisotopic (exact) mass is 573 g/mol. The number of carbonyl (C=O) groups excluding carboxylic acids is 1. The smallest absolute Gasteiger partial charge is 0.377 e. The van der Waals surface area contributed by atoms with Crippen LogP contribution in [0.25, 0.3) is 16.3 Å². The van der Waals surface area contributed by atoms with Crippen LogP contribution in [0.5, 0.6) is 0 Å². The molecule has 1 amide bonds. The quantitative estimate of drug-likeness (QED) is 0.475. The van der Waals surface area contributed by atoms with Gasteiger partial charge in [0.25, 0.3) is 0 Å². The number of anilines is 1. The zero-order valence-corrected chi connectivity index (χ0v) is 21.6. The zero-order valence-electron chi connectivity index (χ0n) is 19.9. The number of piperazine rings is 1. The standard InChI is InChI=1S/C21H22F3N7O5S2/c1-20(10-36-11-20)28-38(33,34)13-4-14(29-2-3-30-12(6-29)8-35-9-16(30)32)15-5-25-17(31(15)7-13)18-26-27-19(37-18)21(22,23)24/h4-5,7,12,28H,2-3,6,8-11H2,1H3. The molecule has 3 aromatic rings. The molecular formula is C21H22F3N7O5S2. The van der Waals surface area contributed by atoms with Crippen LogP contribution in [0.4, 0.5) is 18.9 Å². The maximum Gasteiger partial charge on any atom is 0.445 e. The molecule has 3 aromatic heterocycles. The lowest BCUT2D eigenvalue weighted by Crippen LogP contribution is -2.60. The molecule has 0 spiro atoms. The molecule has 0 radical (unpaired) electrons. The lowest BCUT2D eigenvalue weighted by Gasteiger charge is -2.44. The molecule has 204 valence electrons. The topological polar surface area (TPSA) is 131 Å². The normalized spacial score (nSPS) is 22.0. The van der Waals surface area contributed by atoms with Gasteiger partial charge in [0, 0.05) is 25.8 Å². The van der Waals surface area contributed by atoms with Gasteiger partial charge in [-0.1, -0.05) is 11.3 Å². The number of amides is 1. The van der Waals surface area contributed by atoms with Crippen molar-refractivity contribution < 1.29 is 35.9 Å². The van der Waals surface area contributed by atoms with E-state index in [1.807, 2.05) is 4.90 Å². The fraction of sp³-hybridized carbons (Fsp3) is 0.524. The molecule has 0 aliphatic carbocycles. The average Bonchev–Trinajstić information content (AvgIpc) is 3.49. The van der Waals surface area contributed by atoms with Crippen LogP contribution < -0.4 is 9.62 Å². The first-order valence-corrected chi connectivity index (χ1v) is 13.9. The largest absolute Gasteiger partial charge is 0.445 e.